The Labute approximate surface area is 104 Å². The quantitative estimate of drug-likeness (QED) is 0.862. The summed E-state index contributed by atoms with van der Waals surface area (Å²) in [6, 6.07) is 7.09. The lowest BCUT2D eigenvalue weighted by Gasteiger charge is -2.31. The van der Waals surface area contributed by atoms with Gasteiger partial charge in [0.1, 0.15) is 5.75 Å². The standard InChI is InChI=1S/C15H23NO/c1-4-16-11(2)14-7-5-6-12-8-9-13(17-3)10-15(12)14/h8-11,14,16H,4-7H2,1-3H3. The van der Waals surface area contributed by atoms with Gasteiger partial charge in [-0.05, 0) is 61.9 Å². The molecular weight excluding hydrogens is 210 g/mol. The normalized spacial score (nSPS) is 20.8. The number of hydrogen-bond donors (Lipinski definition) is 1. The van der Waals surface area contributed by atoms with E-state index in [2.05, 4.69) is 37.4 Å². The smallest absolute Gasteiger partial charge is 0.119 e. The van der Waals surface area contributed by atoms with E-state index in [0.717, 1.165) is 12.3 Å². The van der Waals surface area contributed by atoms with Gasteiger partial charge in [0.15, 0.2) is 0 Å². The van der Waals surface area contributed by atoms with Gasteiger partial charge in [-0.3, -0.25) is 0 Å². The van der Waals surface area contributed by atoms with Crippen LogP contribution in [-0.2, 0) is 6.42 Å². The van der Waals surface area contributed by atoms with E-state index in [9.17, 15) is 0 Å². The van der Waals surface area contributed by atoms with Crippen LogP contribution in [0, 0.1) is 0 Å². The molecule has 1 N–H and O–H groups in total. The van der Waals surface area contributed by atoms with Crippen molar-refractivity contribution in [3.63, 3.8) is 0 Å². The molecule has 0 fully saturated rings. The predicted molar refractivity (Wildman–Crippen MR) is 71.8 cm³/mol. The lowest BCUT2D eigenvalue weighted by atomic mass is 9.79. The number of benzene rings is 1. The maximum Gasteiger partial charge on any atom is 0.119 e. The molecule has 2 atom stereocenters. The van der Waals surface area contributed by atoms with Crippen molar-refractivity contribution in [2.75, 3.05) is 13.7 Å². The molecule has 1 aliphatic carbocycles. The molecule has 0 saturated heterocycles. The molecule has 0 spiro atoms. The first-order valence-corrected chi connectivity index (χ1v) is 6.66. The Balaban J connectivity index is 2.28. The third-order valence-corrected chi connectivity index (χ3v) is 3.84. The minimum absolute atomic E-state index is 0.547. The molecule has 2 heteroatoms. The van der Waals surface area contributed by atoms with Gasteiger partial charge in [0, 0.05) is 6.04 Å². The molecular formula is C15H23NO. The second-order valence-electron chi connectivity index (χ2n) is 4.91. The summed E-state index contributed by atoms with van der Waals surface area (Å²) in [7, 11) is 1.74. The second kappa shape index (κ2) is 5.54. The molecule has 0 bridgehead atoms. The van der Waals surface area contributed by atoms with Crippen molar-refractivity contribution in [2.45, 2.75) is 45.1 Å². The van der Waals surface area contributed by atoms with E-state index in [0.29, 0.717) is 12.0 Å². The van der Waals surface area contributed by atoms with E-state index < -0.39 is 0 Å². The first kappa shape index (κ1) is 12.4. The van der Waals surface area contributed by atoms with Gasteiger partial charge >= 0.3 is 0 Å². The number of hydrogen-bond acceptors (Lipinski definition) is 2. The van der Waals surface area contributed by atoms with Crippen molar-refractivity contribution in [3.05, 3.63) is 29.3 Å². The Kier molecular flexibility index (Phi) is 4.06. The Morgan fingerprint density at radius 1 is 1.47 bits per heavy atom. The van der Waals surface area contributed by atoms with E-state index in [-0.39, 0.29) is 0 Å². The van der Waals surface area contributed by atoms with Gasteiger partial charge in [-0.15, -0.1) is 0 Å². The predicted octanol–water partition coefficient (Wildman–Crippen LogP) is 3.11. The molecule has 0 radical (unpaired) electrons. The fourth-order valence-electron chi connectivity index (χ4n) is 2.92. The van der Waals surface area contributed by atoms with Crippen molar-refractivity contribution in [3.8, 4) is 5.75 Å². The Hall–Kier alpha value is -1.02. The number of nitrogens with one attached hydrogen (secondary N) is 1. The van der Waals surface area contributed by atoms with Gasteiger partial charge in [-0.2, -0.15) is 0 Å². The molecule has 0 saturated carbocycles. The maximum absolute atomic E-state index is 5.35. The number of likely N-dealkylation sites (N-methyl/N-ethyl adjacent to an activating group) is 1. The van der Waals surface area contributed by atoms with E-state index in [4.69, 9.17) is 4.74 Å². The molecule has 0 aromatic heterocycles. The van der Waals surface area contributed by atoms with Gasteiger partial charge in [0.25, 0.3) is 0 Å². The van der Waals surface area contributed by atoms with Crippen LogP contribution in [0.5, 0.6) is 5.75 Å². The highest BCUT2D eigenvalue weighted by atomic mass is 16.5. The van der Waals surface area contributed by atoms with Gasteiger partial charge in [-0.25, -0.2) is 0 Å². The number of methoxy groups -OCH3 is 1. The highest BCUT2D eigenvalue weighted by Gasteiger charge is 2.25. The molecule has 1 aliphatic rings. The van der Waals surface area contributed by atoms with Gasteiger partial charge in [0.05, 0.1) is 7.11 Å². The first-order chi connectivity index (χ1) is 8.26. The summed E-state index contributed by atoms with van der Waals surface area (Å²) in [5.41, 5.74) is 3.00. The minimum Gasteiger partial charge on any atom is -0.497 e. The first-order valence-electron chi connectivity index (χ1n) is 6.66. The topological polar surface area (TPSA) is 21.3 Å². The molecule has 0 heterocycles. The van der Waals surface area contributed by atoms with Crippen LogP contribution in [0.15, 0.2) is 18.2 Å². The maximum atomic E-state index is 5.35. The van der Waals surface area contributed by atoms with E-state index >= 15 is 0 Å². The average molecular weight is 233 g/mol. The Morgan fingerprint density at radius 2 is 2.29 bits per heavy atom. The zero-order valence-electron chi connectivity index (χ0n) is 11.1. The lowest BCUT2D eigenvalue weighted by Crippen LogP contribution is -2.33. The van der Waals surface area contributed by atoms with Crippen LogP contribution in [0.4, 0.5) is 0 Å². The molecule has 0 aliphatic heterocycles. The zero-order chi connectivity index (χ0) is 12.3. The molecule has 0 amide bonds. The zero-order valence-corrected chi connectivity index (χ0v) is 11.1. The largest absolute Gasteiger partial charge is 0.497 e. The third kappa shape index (κ3) is 2.63. The van der Waals surface area contributed by atoms with E-state index in [1.807, 2.05) is 0 Å². The van der Waals surface area contributed by atoms with Crippen molar-refractivity contribution >= 4 is 0 Å². The number of rotatable bonds is 4. The van der Waals surface area contributed by atoms with E-state index in [1.165, 1.54) is 30.4 Å². The molecule has 17 heavy (non-hydrogen) atoms. The van der Waals surface area contributed by atoms with Crippen LogP contribution in [0.3, 0.4) is 0 Å². The Bertz CT molecular complexity index is 375. The van der Waals surface area contributed by atoms with E-state index in [1.54, 1.807) is 7.11 Å². The average Bonchev–Trinajstić information content (AvgIpc) is 2.37. The minimum atomic E-state index is 0.547. The summed E-state index contributed by atoms with van der Waals surface area (Å²) in [6.45, 7) is 5.51. The van der Waals surface area contributed by atoms with Crippen LogP contribution in [0.1, 0.15) is 43.7 Å². The molecule has 94 valence electrons. The van der Waals surface area contributed by atoms with Gasteiger partial charge in [-0.1, -0.05) is 13.0 Å². The second-order valence-corrected chi connectivity index (χ2v) is 4.91. The molecule has 2 rings (SSSR count). The molecule has 1 aromatic rings. The fraction of sp³-hybridized carbons (Fsp3) is 0.600. The summed E-state index contributed by atoms with van der Waals surface area (Å²) >= 11 is 0. The summed E-state index contributed by atoms with van der Waals surface area (Å²) < 4.78 is 5.35. The highest BCUT2D eigenvalue weighted by Crippen LogP contribution is 2.35. The summed E-state index contributed by atoms with van der Waals surface area (Å²) in [5.74, 6) is 1.62. The van der Waals surface area contributed by atoms with Gasteiger partial charge < -0.3 is 10.1 Å². The number of ether oxygens (including phenoxy) is 1. The molecule has 2 unspecified atom stereocenters. The summed E-state index contributed by atoms with van der Waals surface area (Å²) in [5, 5.41) is 3.55. The van der Waals surface area contributed by atoms with Crippen molar-refractivity contribution in [1.29, 1.82) is 0 Å². The van der Waals surface area contributed by atoms with Crippen LogP contribution in [0.2, 0.25) is 0 Å². The van der Waals surface area contributed by atoms with Crippen molar-refractivity contribution in [2.24, 2.45) is 0 Å². The Morgan fingerprint density at radius 3 is 3.00 bits per heavy atom. The number of fused-ring (bicyclic) bond motifs is 1. The van der Waals surface area contributed by atoms with Crippen LogP contribution < -0.4 is 10.1 Å². The summed E-state index contributed by atoms with van der Waals surface area (Å²) in [4.78, 5) is 0. The number of aryl methyl sites for hydroxylation is 1. The summed E-state index contributed by atoms with van der Waals surface area (Å²) in [6.07, 6.45) is 3.81. The van der Waals surface area contributed by atoms with Gasteiger partial charge in [0.2, 0.25) is 0 Å². The molecule has 1 aromatic carbocycles. The lowest BCUT2D eigenvalue weighted by molar-refractivity contribution is 0.402. The fourth-order valence-corrected chi connectivity index (χ4v) is 2.92. The SMILES string of the molecule is CCNC(C)C1CCCc2ccc(OC)cc21. The van der Waals surface area contributed by atoms with Crippen LogP contribution in [0.25, 0.3) is 0 Å². The van der Waals surface area contributed by atoms with Crippen molar-refractivity contribution < 1.29 is 4.74 Å². The van der Waals surface area contributed by atoms with Crippen LogP contribution in [-0.4, -0.2) is 19.7 Å². The van der Waals surface area contributed by atoms with Crippen molar-refractivity contribution in [1.82, 2.24) is 5.32 Å². The third-order valence-electron chi connectivity index (χ3n) is 3.84. The van der Waals surface area contributed by atoms with Crippen LogP contribution >= 0.6 is 0 Å². The highest BCUT2D eigenvalue weighted by molar-refractivity contribution is 5.40. The molecule has 2 nitrogen and oxygen atoms in total. The monoisotopic (exact) mass is 233 g/mol.